The summed E-state index contributed by atoms with van der Waals surface area (Å²) in [7, 11) is 0. The Bertz CT molecular complexity index is 873. The maximum Gasteiger partial charge on any atom is 0.359 e. The molecule has 1 aliphatic heterocycles. The van der Waals surface area contributed by atoms with Crippen LogP contribution in [-0.2, 0) is 13.1 Å². The molecule has 0 saturated heterocycles. The van der Waals surface area contributed by atoms with Crippen molar-refractivity contribution < 1.29 is 26.2 Å². The van der Waals surface area contributed by atoms with E-state index in [4.69, 9.17) is 0 Å². The van der Waals surface area contributed by atoms with E-state index in [1.54, 1.807) is 0 Å². The van der Waals surface area contributed by atoms with Gasteiger partial charge in [0.2, 0.25) is 0 Å². The first kappa shape index (κ1) is 15.5. The third-order valence-corrected chi connectivity index (χ3v) is 4.06. The minimum absolute atomic E-state index is 0. The number of hydrogen-bond donors (Lipinski definition) is 1. The van der Waals surface area contributed by atoms with Crippen LogP contribution < -0.4 is 22.3 Å². The molecule has 0 atom stereocenters. The highest BCUT2D eigenvalue weighted by Crippen LogP contribution is 2.21. The molecule has 0 radical (unpaired) electrons. The molecule has 0 unspecified atom stereocenters. The van der Waals surface area contributed by atoms with Gasteiger partial charge in [-0.3, -0.25) is 10.1 Å². The first-order valence-corrected chi connectivity index (χ1v) is 7.28. The Morgan fingerprint density at radius 1 is 1.17 bits per heavy atom. The lowest BCUT2D eigenvalue weighted by Gasteiger charge is -2.02. The van der Waals surface area contributed by atoms with Gasteiger partial charge in [-0.1, -0.05) is 12.1 Å². The summed E-state index contributed by atoms with van der Waals surface area (Å²) in [6, 6.07) is 13.7. The summed E-state index contributed by atoms with van der Waals surface area (Å²) in [5.41, 5.74) is 2.67. The largest absolute Gasteiger partial charge is 1.00 e. The quantitative estimate of drug-likeness (QED) is 0.513. The number of Topliss-reactive ketones (excluding diaryl/α,β-unsaturated/α-hetero) is 1. The number of nitrogens with one attached hydrogen (secondary N) is 1. The lowest BCUT2D eigenvalue weighted by Crippen LogP contribution is -3.00. The Kier molecular flexibility index (Phi) is 4.05. The van der Waals surface area contributed by atoms with Gasteiger partial charge in [0.05, 0.1) is 6.54 Å². The van der Waals surface area contributed by atoms with Crippen LogP contribution in [-0.4, -0.2) is 16.9 Å². The maximum absolute atomic E-state index is 13.0. The topological polar surface area (TPSA) is 37.9 Å². The molecule has 0 fully saturated rings. The number of ketones is 1. The highest BCUT2D eigenvalue weighted by Gasteiger charge is 2.28. The van der Waals surface area contributed by atoms with Crippen LogP contribution in [0, 0.1) is 5.82 Å². The fourth-order valence-corrected chi connectivity index (χ4v) is 3.02. The predicted octanol–water partition coefficient (Wildman–Crippen LogP) is -0.620. The van der Waals surface area contributed by atoms with Crippen LogP contribution >= 0.6 is 0 Å². The zero-order valence-corrected chi connectivity index (χ0v) is 13.1. The van der Waals surface area contributed by atoms with Gasteiger partial charge >= 0.3 is 5.95 Å². The van der Waals surface area contributed by atoms with Gasteiger partial charge in [-0.2, -0.15) is 0 Å². The van der Waals surface area contributed by atoms with Gasteiger partial charge in [0.1, 0.15) is 29.9 Å². The van der Waals surface area contributed by atoms with Crippen LogP contribution in [0.2, 0.25) is 0 Å². The van der Waals surface area contributed by atoms with Crippen LogP contribution in [0.3, 0.4) is 0 Å². The molecule has 0 amide bonds. The average Bonchev–Trinajstić information content (AvgIpc) is 3.11. The molecule has 0 aliphatic carbocycles. The molecule has 0 bridgehead atoms. The third kappa shape index (κ3) is 2.57. The molecule has 1 aromatic heterocycles. The Morgan fingerprint density at radius 2 is 1.91 bits per heavy atom. The number of anilines is 1. The van der Waals surface area contributed by atoms with E-state index in [2.05, 4.69) is 16.0 Å². The molecule has 0 spiro atoms. The van der Waals surface area contributed by atoms with E-state index < -0.39 is 0 Å². The molecule has 2 aromatic carbocycles. The molecule has 1 aliphatic rings. The summed E-state index contributed by atoms with van der Waals surface area (Å²) >= 11 is 0. The van der Waals surface area contributed by atoms with Crippen molar-refractivity contribution >= 4 is 22.8 Å². The second-order valence-electron chi connectivity index (χ2n) is 5.41. The van der Waals surface area contributed by atoms with Crippen LogP contribution in [0.5, 0.6) is 0 Å². The van der Waals surface area contributed by atoms with Crippen molar-refractivity contribution in [2.24, 2.45) is 0 Å². The number of benzene rings is 2. The highest BCUT2D eigenvalue weighted by molar-refractivity contribution is 5.96. The molecule has 3 aromatic rings. The normalized spacial score (nSPS) is 12.6. The van der Waals surface area contributed by atoms with Gasteiger partial charge in [0.15, 0.2) is 5.78 Å². The van der Waals surface area contributed by atoms with Crippen molar-refractivity contribution in [1.82, 2.24) is 4.57 Å². The van der Waals surface area contributed by atoms with Gasteiger partial charge in [0, 0.05) is 5.56 Å². The number of carbonyl (C=O) groups is 1. The molecular weight excluding hydrogens is 317 g/mol. The fraction of sp³-hybridized carbons (Fsp3) is 0.176. The van der Waals surface area contributed by atoms with Crippen molar-refractivity contribution in [2.75, 3.05) is 11.9 Å². The highest BCUT2D eigenvalue weighted by atomic mass is 35.5. The van der Waals surface area contributed by atoms with Crippen molar-refractivity contribution in [3.05, 3.63) is 59.9 Å². The van der Waals surface area contributed by atoms with E-state index in [1.165, 1.54) is 24.3 Å². The van der Waals surface area contributed by atoms with Crippen molar-refractivity contribution in [1.29, 1.82) is 0 Å². The first-order chi connectivity index (χ1) is 10.7. The van der Waals surface area contributed by atoms with Gasteiger partial charge < -0.3 is 12.4 Å². The monoisotopic (exact) mass is 331 g/mol. The van der Waals surface area contributed by atoms with E-state index in [0.29, 0.717) is 5.56 Å². The molecule has 4 nitrogen and oxygen atoms in total. The number of halogens is 2. The second kappa shape index (κ2) is 6.01. The molecule has 23 heavy (non-hydrogen) atoms. The lowest BCUT2D eigenvalue weighted by molar-refractivity contribution is -0.644. The van der Waals surface area contributed by atoms with E-state index in [1.807, 2.05) is 22.8 Å². The van der Waals surface area contributed by atoms with Crippen molar-refractivity contribution in [3.8, 4) is 0 Å². The summed E-state index contributed by atoms with van der Waals surface area (Å²) in [6.07, 6.45) is 0. The van der Waals surface area contributed by atoms with Gasteiger partial charge in [-0.15, -0.1) is 0 Å². The number of imidazole rings is 1. The summed E-state index contributed by atoms with van der Waals surface area (Å²) in [5.74, 6) is 0.593. The Morgan fingerprint density at radius 3 is 2.70 bits per heavy atom. The molecule has 2 heterocycles. The molecule has 0 saturated carbocycles. The van der Waals surface area contributed by atoms with E-state index in [-0.39, 0.29) is 30.6 Å². The summed E-state index contributed by atoms with van der Waals surface area (Å²) in [6.45, 7) is 2.00. The SMILES string of the molecule is O=C(Cn1c2[n+](c3ccccc31)CCN2)c1ccc(F)cc1.[Cl-]. The van der Waals surface area contributed by atoms with E-state index in [0.717, 1.165) is 30.1 Å². The Labute approximate surface area is 139 Å². The lowest BCUT2D eigenvalue weighted by atomic mass is 10.1. The minimum atomic E-state index is -0.332. The number of nitrogens with zero attached hydrogens (tertiary/aromatic N) is 2. The van der Waals surface area contributed by atoms with Crippen LogP contribution in [0.15, 0.2) is 48.5 Å². The number of carbonyl (C=O) groups excluding carboxylic acids is 1. The maximum atomic E-state index is 13.0. The molecular formula is C17H15ClFN3O. The van der Waals surface area contributed by atoms with Crippen LogP contribution in [0.25, 0.3) is 11.0 Å². The number of aromatic nitrogens is 2. The minimum Gasteiger partial charge on any atom is -1.00 e. The number of rotatable bonds is 3. The van der Waals surface area contributed by atoms with Crippen LogP contribution in [0.1, 0.15) is 10.4 Å². The van der Waals surface area contributed by atoms with Crippen LogP contribution in [0.4, 0.5) is 10.3 Å². The third-order valence-electron chi connectivity index (χ3n) is 4.06. The van der Waals surface area contributed by atoms with E-state index in [9.17, 15) is 9.18 Å². The second-order valence-corrected chi connectivity index (χ2v) is 5.41. The zero-order chi connectivity index (χ0) is 15.1. The zero-order valence-electron chi connectivity index (χ0n) is 12.3. The van der Waals surface area contributed by atoms with Gasteiger partial charge in [0.25, 0.3) is 0 Å². The molecule has 1 N–H and O–H groups in total. The molecule has 4 rings (SSSR count). The van der Waals surface area contributed by atoms with Gasteiger partial charge in [-0.25, -0.2) is 13.5 Å². The fourth-order valence-electron chi connectivity index (χ4n) is 3.02. The Balaban J connectivity index is 0.00000156. The summed E-state index contributed by atoms with van der Waals surface area (Å²) < 4.78 is 17.2. The number of hydrogen-bond acceptors (Lipinski definition) is 2. The summed E-state index contributed by atoms with van der Waals surface area (Å²) in [4.78, 5) is 12.5. The number of fused-ring (bicyclic) bond motifs is 3. The standard InChI is InChI=1S/C17H14FN3O.ClH/c18-13-7-5-12(6-8-13)16(22)11-21-15-4-2-1-3-14(15)20-10-9-19-17(20)21;/h1-8H,9-11H2;1H. The predicted molar refractivity (Wildman–Crippen MR) is 81.4 cm³/mol. The summed E-state index contributed by atoms with van der Waals surface area (Å²) in [5, 5.41) is 3.34. The van der Waals surface area contributed by atoms with Crippen molar-refractivity contribution in [3.63, 3.8) is 0 Å². The van der Waals surface area contributed by atoms with Crippen molar-refractivity contribution in [2.45, 2.75) is 13.1 Å². The number of para-hydroxylation sites is 2. The average molecular weight is 332 g/mol. The van der Waals surface area contributed by atoms with E-state index >= 15 is 0 Å². The Hall–Kier alpha value is -2.40. The smallest absolute Gasteiger partial charge is 0.359 e. The molecule has 118 valence electrons. The molecule has 6 heteroatoms. The van der Waals surface area contributed by atoms with Gasteiger partial charge in [-0.05, 0) is 36.4 Å². The first-order valence-electron chi connectivity index (χ1n) is 7.28.